The molecule has 0 amide bonds. The van der Waals surface area contributed by atoms with Crippen molar-refractivity contribution < 1.29 is 0 Å². The summed E-state index contributed by atoms with van der Waals surface area (Å²) in [5.74, 6) is 0. The molecule has 0 heterocycles. The smallest absolute Gasteiger partial charge is 0.169 e. The van der Waals surface area contributed by atoms with Crippen LogP contribution in [0, 0.1) is 6.92 Å². The standard InChI is InChI=1S/C37H29S2.C24H20B/c1-28-10-8-9-15-37(28)39(35-24-18-32(19-25-35)30-13-6-3-7-14-30)36-26-22-34(23-27-36)38-33-20-16-31(17-21-33)29-11-4-2-5-12-29;1-5-13-21(14-6-1)25(22-15-7-2-8-16-22,23-17-9-3-10-18-23)24-19-11-4-12-20-24/h2-27H,1H3;1-20H/q+1;-1. The lowest BCUT2D eigenvalue weighted by Gasteiger charge is -2.44. The van der Waals surface area contributed by atoms with Crippen molar-refractivity contribution in [1.82, 2.24) is 0 Å². The average molecular weight is 857 g/mol. The summed E-state index contributed by atoms with van der Waals surface area (Å²) in [6.07, 6.45) is -1.22. The van der Waals surface area contributed by atoms with E-state index in [2.05, 4.69) is 286 Å². The monoisotopic (exact) mass is 856 g/mol. The molecule has 0 aliphatic carbocycles. The van der Waals surface area contributed by atoms with Crippen LogP contribution in [0.3, 0.4) is 0 Å². The SMILES string of the molecule is Cc1ccccc1[S+](c1ccc(Sc2ccc(-c3ccccc3)cc2)cc1)c1ccc(-c2ccccc2)cc1.c1ccc([B-](c2ccccc2)(c2ccccc2)c2ccccc2)cc1. The molecule has 10 rings (SSSR count). The van der Waals surface area contributed by atoms with Gasteiger partial charge in [-0.25, -0.2) is 0 Å². The summed E-state index contributed by atoms with van der Waals surface area (Å²) >= 11 is 1.81. The van der Waals surface area contributed by atoms with E-state index >= 15 is 0 Å². The zero-order valence-electron chi connectivity index (χ0n) is 36.0. The molecule has 1 unspecified atom stereocenters. The zero-order chi connectivity index (χ0) is 43.4. The van der Waals surface area contributed by atoms with Gasteiger partial charge in [0.25, 0.3) is 0 Å². The van der Waals surface area contributed by atoms with Crippen LogP contribution in [0.25, 0.3) is 22.3 Å². The molecule has 0 spiro atoms. The molecule has 1 atom stereocenters. The van der Waals surface area contributed by atoms with Crippen molar-refractivity contribution in [3.8, 4) is 22.3 Å². The molecule has 0 aliphatic rings. The van der Waals surface area contributed by atoms with Gasteiger partial charge in [-0.05, 0) is 95.9 Å². The first kappa shape index (κ1) is 42.3. The quantitative estimate of drug-likeness (QED) is 0.0922. The number of rotatable bonds is 11. The molecule has 0 radical (unpaired) electrons. The normalized spacial score (nSPS) is 11.5. The Bertz CT molecular complexity index is 2800. The Kier molecular flexibility index (Phi) is 13.5. The van der Waals surface area contributed by atoms with Crippen molar-refractivity contribution in [2.24, 2.45) is 0 Å². The second-order valence-corrected chi connectivity index (χ2v) is 19.1. The van der Waals surface area contributed by atoms with Gasteiger partial charge < -0.3 is 0 Å². The third-order valence-electron chi connectivity index (χ3n) is 12.0. The van der Waals surface area contributed by atoms with E-state index in [0.717, 1.165) is 0 Å². The van der Waals surface area contributed by atoms with Crippen LogP contribution < -0.4 is 21.9 Å². The van der Waals surface area contributed by atoms with Gasteiger partial charge in [0.2, 0.25) is 0 Å². The lowest BCUT2D eigenvalue weighted by molar-refractivity contribution is 1.24. The third kappa shape index (κ3) is 9.48. The maximum atomic E-state index is 2.31. The minimum atomic E-state index is -1.22. The van der Waals surface area contributed by atoms with E-state index in [-0.39, 0.29) is 10.9 Å². The number of benzene rings is 10. The van der Waals surface area contributed by atoms with Crippen molar-refractivity contribution in [2.75, 3.05) is 0 Å². The van der Waals surface area contributed by atoms with E-state index in [1.807, 2.05) is 11.8 Å². The first-order valence-electron chi connectivity index (χ1n) is 21.9. The Balaban J connectivity index is 0.000000178. The van der Waals surface area contributed by atoms with Crippen LogP contribution in [0.4, 0.5) is 0 Å². The molecular weight excluding hydrogens is 808 g/mol. The largest absolute Gasteiger partial charge is 0.195 e. The highest BCUT2D eigenvalue weighted by Gasteiger charge is 2.32. The first-order chi connectivity index (χ1) is 31.7. The number of hydrogen-bond donors (Lipinski definition) is 0. The van der Waals surface area contributed by atoms with Gasteiger partial charge in [-0.15, -0.1) is 0 Å². The number of aryl methyl sites for hydroxylation is 1. The van der Waals surface area contributed by atoms with Crippen molar-refractivity contribution in [1.29, 1.82) is 0 Å². The van der Waals surface area contributed by atoms with Crippen LogP contribution in [0.15, 0.2) is 304 Å². The van der Waals surface area contributed by atoms with Gasteiger partial charge in [0.05, 0.1) is 10.9 Å². The van der Waals surface area contributed by atoms with Crippen LogP contribution in [0.2, 0.25) is 0 Å². The van der Waals surface area contributed by atoms with Gasteiger partial charge >= 0.3 is 0 Å². The molecule has 10 aromatic rings. The topological polar surface area (TPSA) is 0 Å². The second kappa shape index (κ2) is 20.4. The fraction of sp³-hybridized carbons (Fsp3) is 0.0164. The van der Waals surface area contributed by atoms with E-state index in [9.17, 15) is 0 Å². The molecule has 3 heteroatoms. The van der Waals surface area contributed by atoms with E-state index < -0.39 is 6.15 Å². The Morgan fingerprint density at radius 2 is 0.562 bits per heavy atom. The average Bonchev–Trinajstić information content (AvgIpc) is 3.38. The Labute approximate surface area is 386 Å². The lowest BCUT2D eigenvalue weighted by atomic mass is 9.13. The van der Waals surface area contributed by atoms with Gasteiger partial charge in [-0.2, -0.15) is 21.9 Å². The Morgan fingerprint density at radius 1 is 0.281 bits per heavy atom. The van der Waals surface area contributed by atoms with E-state index in [0.29, 0.717) is 0 Å². The highest BCUT2D eigenvalue weighted by atomic mass is 32.2. The molecule has 0 bridgehead atoms. The van der Waals surface area contributed by atoms with Crippen molar-refractivity contribution >= 4 is 50.7 Å². The predicted molar refractivity (Wildman–Crippen MR) is 278 cm³/mol. The fourth-order valence-corrected chi connectivity index (χ4v) is 11.9. The van der Waals surface area contributed by atoms with Crippen molar-refractivity contribution in [2.45, 2.75) is 31.4 Å². The van der Waals surface area contributed by atoms with Gasteiger partial charge in [-0.1, -0.05) is 224 Å². The summed E-state index contributed by atoms with van der Waals surface area (Å²) in [6, 6.07) is 101. The van der Waals surface area contributed by atoms with Crippen LogP contribution in [-0.2, 0) is 10.9 Å². The van der Waals surface area contributed by atoms with Gasteiger partial charge in [0.15, 0.2) is 14.7 Å². The second-order valence-electron chi connectivity index (χ2n) is 15.9. The summed E-state index contributed by atoms with van der Waals surface area (Å²) in [7, 11) is -0.179. The lowest BCUT2D eigenvalue weighted by Crippen LogP contribution is -2.74. The number of hydrogen-bond acceptors (Lipinski definition) is 1. The van der Waals surface area contributed by atoms with Crippen molar-refractivity contribution in [3.05, 3.63) is 285 Å². The van der Waals surface area contributed by atoms with Gasteiger partial charge in [0.1, 0.15) is 6.15 Å². The van der Waals surface area contributed by atoms with Gasteiger partial charge in [-0.3, -0.25) is 0 Å². The van der Waals surface area contributed by atoms with E-state index in [4.69, 9.17) is 0 Å². The molecule has 0 N–H and O–H groups in total. The molecule has 308 valence electrons. The van der Waals surface area contributed by atoms with Crippen LogP contribution in [-0.4, -0.2) is 6.15 Å². The predicted octanol–water partition coefficient (Wildman–Crippen LogP) is 13.6. The summed E-state index contributed by atoms with van der Waals surface area (Å²) in [4.78, 5) is 6.54. The summed E-state index contributed by atoms with van der Waals surface area (Å²) in [6.45, 7) is 2.22. The minimum absolute atomic E-state index is 0.179. The molecule has 0 nitrogen and oxygen atoms in total. The molecule has 0 aliphatic heterocycles. The highest BCUT2D eigenvalue weighted by molar-refractivity contribution is 7.99. The summed E-state index contributed by atoms with van der Waals surface area (Å²) < 4.78 is 0. The molecule has 0 aromatic heterocycles. The Hall–Kier alpha value is -7.04. The highest BCUT2D eigenvalue weighted by Crippen LogP contribution is 2.36. The molecule has 0 fully saturated rings. The summed E-state index contributed by atoms with van der Waals surface area (Å²) in [5, 5.41) is 0. The third-order valence-corrected chi connectivity index (χ3v) is 15.4. The first-order valence-corrected chi connectivity index (χ1v) is 24.0. The maximum Gasteiger partial charge on any atom is 0.169 e. The minimum Gasteiger partial charge on any atom is -0.195 e. The van der Waals surface area contributed by atoms with Crippen LogP contribution in [0.5, 0.6) is 0 Å². The molecule has 0 saturated carbocycles. The maximum absolute atomic E-state index is 2.31. The molecule has 64 heavy (non-hydrogen) atoms. The fourth-order valence-electron chi connectivity index (χ4n) is 8.84. The molecule has 10 aromatic carbocycles. The van der Waals surface area contributed by atoms with E-state index in [1.165, 1.54) is 74.1 Å². The van der Waals surface area contributed by atoms with Crippen LogP contribution in [0.1, 0.15) is 5.56 Å². The van der Waals surface area contributed by atoms with Crippen LogP contribution >= 0.6 is 11.8 Å². The van der Waals surface area contributed by atoms with Gasteiger partial charge in [0, 0.05) is 15.4 Å². The molecular formula is C61H49BS2. The Morgan fingerprint density at radius 3 is 0.938 bits per heavy atom. The summed E-state index contributed by atoms with van der Waals surface area (Å²) in [5.41, 5.74) is 11.7. The van der Waals surface area contributed by atoms with Crippen molar-refractivity contribution in [3.63, 3.8) is 0 Å². The van der Waals surface area contributed by atoms with E-state index in [1.54, 1.807) is 0 Å². The zero-order valence-corrected chi connectivity index (χ0v) is 37.6. The molecule has 0 saturated heterocycles.